The zero-order valence-electron chi connectivity index (χ0n) is 24.0. The van der Waals surface area contributed by atoms with E-state index in [-0.39, 0.29) is 69.2 Å². The standard InChI is InChI=1S/C29H25N3O9S3.Na/c1-16-8-10-19(11-9-16)44(39,40)31-25(34)20-6-2-3-7-21(20)29(38)41-14-17-15-43-27-23(26(35)32(27)24(17)28(36)37)30-22(33)13-18-5-4-12-42-18;/h2-12,23,27H,13-15H2,1H3,(H,30,33)(H,31,34)(H,36,37);/q;+1/p-1/t23-,27-;/m1./s1. The van der Waals surface area contributed by atoms with E-state index in [0.717, 1.165) is 15.3 Å². The molecule has 228 valence electrons. The molecule has 2 aliphatic rings. The summed E-state index contributed by atoms with van der Waals surface area (Å²) >= 11 is 2.58. The van der Waals surface area contributed by atoms with E-state index in [0.29, 0.717) is 0 Å². The van der Waals surface area contributed by atoms with Crippen molar-refractivity contribution in [2.75, 3.05) is 12.4 Å². The molecule has 0 aliphatic carbocycles. The molecule has 1 saturated heterocycles. The second kappa shape index (κ2) is 14.3. The molecule has 1 fully saturated rings. The van der Waals surface area contributed by atoms with Crippen LogP contribution in [0.15, 0.2) is 82.2 Å². The number of fused-ring (bicyclic) bond motifs is 1. The first kappa shape index (κ1) is 34.4. The van der Waals surface area contributed by atoms with Crippen molar-refractivity contribution in [1.29, 1.82) is 0 Å². The van der Waals surface area contributed by atoms with Gasteiger partial charge in [0.15, 0.2) is 0 Å². The van der Waals surface area contributed by atoms with Crippen molar-refractivity contribution >= 4 is 62.8 Å². The Morgan fingerprint density at radius 1 is 1.02 bits per heavy atom. The molecule has 2 aliphatic heterocycles. The normalized spacial score (nSPS) is 17.4. The summed E-state index contributed by atoms with van der Waals surface area (Å²) in [7, 11) is -4.25. The minimum atomic E-state index is -4.25. The van der Waals surface area contributed by atoms with Crippen molar-refractivity contribution in [1.82, 2.24) is 14.9 Å². The number of carboxylic acid groups (broad SMARTS) is 1. The van der Waals surface area contributed by atoms with Crippen molar-refractivity contribution in [3.05, 3.63) is 98.9 Å². The molecule has 1 aromatic heterocycles. The average Bonchev–Trinajstić information content (AvgIpc) is 3.51. The Labute approximate surface area is 288 Å². The summed E-state index contributed by atoms with van der Waals surface area (Å²) in [5, 5.41) is 15.9. The van der Waals surface area contributed by atoms with Crippen LogP contribution in [0.5, 0.6) is 0 Å². The Morgan fingerprint density at radius 2 is 1.71 bits per heavy atom. The average molecular weight is 678 g/mol. The van der Waals surface area contributed by atoms with E-state index >= 15 is 0 Å². The molecule has 45 heavy (non-hydrogen) atoms. The molecule has 5 rings (SSSR count). The number of carbonyl (C=O) groups is 5. The van der Waals surface area contributed by atoms with Gasteiger partial charge in [0.05, 0.1) is 34.1 Å². The van der Waals surface area contributed by atoms with E-state index in [1.165, 1.54) is 59.5 Å². The van der Waals surface area contributed by atoms with Gasteiger partial charge in [0.25, 0.3) is 21.8 Å². The fourth-order valence-electron chi connectivity index (χ4n) is 4.62. The van der Waals surface area contributed by atoms with Crippen LogP contribution in [0.2, 0.25) is 0 Å². The van der Waals surface area contributed by atoms with E-state index in [9.17, 15) is 37.5 Å². The number of ether oxygens (including phenoxy) is 1. The third-order valence-corrected chi connectivity index (χ3v) is 10.4. The molecule has 3 amide bonds. The smallest absolute Gasteiger partial charge is 0.543 e. The first-order valence-electron chi connectivity index (χ1n) is 13.1. The maximum atomic E-state index is 13.0. The molecule has 2 atom stereocenters. The first-order valence-corrected chi connectivity index (χ1v) is 16.5. The van der Waals surface area contributed by atoms with Crippen LogP contribution in [0.25, 0.3) is 0 Å². The molecule has 0 bridgehead atoms. The number of thioether (sulfide) groups is 1. The van der Waals surface area contributed by atoms with Crippen molar-refractivity contribution in [3.8, 4) is 0 Å². The quantitative estimate of drug-likeness (QED) is 0.138. The number of nitrogens with zero attached hydrogens (tertiary/aromatic N) is 1. The largest absolute Gasteiger partial charge is 1.00 e. The SMILES string of the molecule is Cc1ccc(S(=O)(=O)NC(=O)c2ccccc2C(=O)OCC2=C(C(=O)[O-])N3C(=O)[C@@H](NC(=O)Cc4cccs4)[C@H]3SC2)cc1.[Na+]. The van der Waals surface area contributed by atoms with Crippen LogP contribution in [0.3, 0.4) is 0 Å². The van der Waals surface area contributed by atoms with Crippen LogP contribution < -0.4 is 44.7 Å². The van der Waals surface area contributed by atoms with Gasteiger partial charge in [-0.25, -0.2) is 17.9 Å². The van der Waals surface area contributed by atoms with E-state index < -0.39 is 57.5 Å². The number of aliphatic carboxylic acids is 1. The summed E-state index contributed by atoms with van der Waals surface area (Å²) in [6, 6.07) is 13.9. The van der Waals surface area contributed by atoms with Gasteiger partial charge in [-0.1, -0.05) is 35.9 Å². The van der Waals surface area contributed by atoms with E-state index in [1.54, 1.807) is 31.2 Å². The molecule has 12 nitrogen and oxygen atoms in total. The number of rotatable bonds is 10. The summed E-state index contributed by atoms with van der Waals surface area (Å²) in [6.07, 6.45) is 0.0839. The molecule has 16 heteroatoms. The van der Waals surface area contributed by atoms with Gasteiger partial charge < -0.3 is 20.0 Å². The number of nitrogens with one attached hydrogen (secondary N) is 2. The van der Waals surface area contributed by atoms with Gasteiger partial charge in [-0.2, -0.15) is 0 Å². The molecule has 3 heterocycles. The van der Waals surface area contributed by atoms with E-state index in [4.69, 9.17) is 4.74 Å². The summed E-state index contributed by atoms with van der Waals surface area (Å²) in [5.41, 5.74) is -0.0816. The van der Waals surface area contributed by atoms with Crippen molar-refractivity contribution < 1.29 is 71.8 Å². The maximum absolute atomic E-state index is 13.0. The van der Waals surface area contributed by atoms with Gasteiger partial charge in [-0.3, -0.25) is 19.3 Å². The Morgan fingerprint density at radius 3 is 2.36 bits per heavy atom. The number of sulfonamides is 1. The van der Waals surface area contributed by atoms with E-state index in [2.05, 4.69) is 5.32 Å². The third-order valence-electron chi connectivity index (χ3n) is 6.80. The molecular formula is C29H24N3NaO9S3. The molecule has 2 aromatic carbocycles. The van der Waals surface area contributed by atoms with Gasteiger partial charge in [-0.15, -0.1) is 23.1 Å². The molecule has 0 unspecified atom stereocenters. The number of amides is 3. The Balaban J connectivity index is 0.00000461. The molecule has 2 N–H and O–H groups in total. The van der Waals surface area contributed by atoms with Crippen LogP contribution in [0.1, 0.15) is 31.2 Å². The zero-order valence-corrected chi connectivity index (χ0v) is 28.4. The molecule has 3 aromatic rings. The fraction of sp³-hybridized carbons (Fsp3) is 0.207. The van der Waals surface area contributed by atoms with Gasteiger partial charge in [0.2, 0.25) is 5.91 Å². The Bertz CT molecular complexity index is 1790. The van der Waals surface area contributed by atoms with Gasteiger partial charge in [0.1, 0.15) is 18.0 Å². The molecule has 0 spiro atoms. The summed E-state index contributed by atoms with van der Waals surface area (Å²) in [4.78, 5) is 65.0. The van der Waals surface area contributed by atoms with Crippen LogP contribution in [0, 0.1) is 6.92 Å². The second-order valence-corrected chi connectivity index (χ2v) is 13.6. The number of esters is 1. The van der Waals surface area contributed by atoms with E-state index in [1.807, 2.05) is 10.1 Å². The predicted octanol–water partition coefficient (Wildman–Crippen LogP) is -2.02. The van der Waals surface area contributed by atoms with Gasteiger partial charge in [0, 0.05) is 16.2 Å². The van der Waals surface area contributed by atoms with Gasteiger partial charge in [-0.05, 0) is 42.6 Å². The summed E-state index contributed by atoms with van der Waals surface area (Å²) in [6.45, 7) is 1.23. The van der Waals surface area contributed by atoms with Crippen LogP contribution in [0.4, 0.5) is 0 Å². The fourth-order valence-corrected chi connectivity index (χ4v) is 7.62. The summed E-state index contributed by atoms with van der Waals surface area (Å²) in [5.74, 6) is -4.70. The Hall–Kier alpha value is -3.47. The monoisotopic (exact) mass is 677 g/mol. The second-order valence-electron chi connectivity index (χ2n) is 9.82. The summed E-state index contributed by atoms with van der Waals surface area (Å²) < 4.78 is 32.7. The van der Waals surface area contributed by atoms with Gasteiger partial charge >= 0.3 is 35.5 Å². The Kier molecular flexibility index (Phi) is 10.9. The minimum absolute atomic E-state index is 0. The van der Waals surface area contributed by atoms with Crippen molar-refractivity contribution in [3.63, 3.8) is 0 Å². The number of β-lactam (4-membered cyclic amide) rings is 1. The number of carbonyl (C=O) groups excluding carboxylic acids is 5. The van der Waals surface area contributed by atoms with Crippen molar-refractivity contribution in [2.24, 2.45) is 0 Å². The number of hydrogen-bond acceptors (Lipinski definition) is 11. The first-order chi connectivity index (χ1) is 21.0. The molecule has 0 radical (unpaired) electrons. The number of thiophene rings is 1. The number of carboxylic acids is 1. The predicted molar refractivity (Wildman–Crippen MR) is 158 cm³/mol. The maximum Gasteiger partial charge on any atom is 1.00 e. The molecule has 0 saturated carbocycles. The number of hydrogen-bond donors (Lipinski definition) is 2. The number of benzene rings is 2. The number of aryl methyl sites for hydroxylation is 1. The van der Waals surface area contributed by atoms with Crippen LogP contribution in [-0.4, -0.2) is 66.8 Å². The van der Waals surface area contributed by atoms with Crippen LogP contribution >= 0.6 is 23.1 Å². The van der Waals surface area contributed by atoms with Crippen molar-refractivity contribution in [2.45, 2.75) is 29.7 Å². The zero-order chi connectivity index (χ0) is 31.6. The topological polar surface area (TPSA) is 179 Å². The molecular weight excluding hydrogens is 654 g/mol. The third kappa shape index (κ3) is 7.51. The van der Waals surface area contributed by atoms with Crippen LogP contribution in [-0.2, 0) is 35.6 Å². The minimum Gasteiger partial charge on any atom is -0.543 e.